The summed E-state index contributed by atoms with van der Waals surface area (Å²) in [6, 6.07) is 0. The van der Waals surface area contributed by atoms with Gasteiger partial charge in [-0.05, 0) is 24.7 Å². The molecule has 0 aromatic carbocycles. The Morgan fingerprint density at radius 3 is 1.43 bits per heavy atom. The van der Waals surface area contributed by atoms with Crippen molar-refractivity contribution >= 4 is 46.4 Å². The molecule has 0 radical (unpaired) electrons. The largest absolute Gasteiger partial charge is 0.125 e. The number of alkyl halides is 4. The van der Waals surface area contributed by atoms with Crippen LogP contribution >= 0.6 is 46.4 Å². The summed E-state index contributed by atoms with van der Waals surface area (Å²) in [5.41, 5.74) is 0. The quantitative estimate of drug-likeness (QED) is 0.574. The zero-order chi connectivity index (χ0) is 10.1. The van der Waals surface area contributed by atoms with Gasteiger partial charge >= 0.3 is 0 Å². The average molecular weight is 274 g/mol. The molecule has 4 atom stereocenters. The Kier molecular flexibility index (Phi) is 2.13. The van der Waals surface area contributed by atoms with Gasteiger partial charge in [0.05, 0.1) is 0 Å². The summed E-state index contributed by atoms with van der Waals surface area (Å²) in [5, 5.41) is 0. The Hall–Kier alpha value is 1.16. The molecule has 4 unspecified atom stereocenters. The fourth-order valence-corrected chi connectivity index (χ4v) is 5.16. The predicted octanol–water partition coefficient (Wildman–Crippen LogP) is 4.40. The molecule has 80 valence electrons. The monoisotopic (exact) mass is 272 g/mol. The first kappa shape index (κ1) is 10.3. The summed E-state index contributed by atoms with van der Waals surface area (Å²) in [6.45, 7) is 0. The Balaban J connectivity index is 1.85. The Labute approximate surface area is 104 Å². The third kappa shape index (κ3) is 1.21. The van der Waals surface area contributed by atoms with Crippen LogP contribution in [-0.4, -0.2) is 8.67 Å². The summed E-state index contributed by atoms with van der Waals surface area (Å²) < 4.78 is -1.06. The minimum absolute atomic E-state index is 0.353. The molecule has 3 saturated carbocycles. The molecular weight excluding hydrogens is 262 g/mol. The molecule has 0 saturated heterocycles. The number of hydrogen-bond donors (Lipinski definition) is 0. The van der Waals surface area contributed by atoms with Gasteiger partial charge in [0.25, 0.3) is 0 Å². The molecule has 0 aliphatic heterocycles. The topological polar surface area (TPSA) is 0 Å². The van der Waals surface area contributed by atoms with Gasteiger partial charge in [-0.3, -0.25) is 0 Å². The lowest BCUT2D eigenvalue weighted by Gasteiger charge is -2.03. The van der Waals surface area contributed by atoms with E-state index in [-0.39, 0.29) is 0 Å². The van der Waals surface area contributed by atoms with E-state index >= 15 is 0 Å². The molecule has 14 heavy (non-hydrogen) atoms. The first-order chi connectivity index (χ1) is 6.47. The molecule has 0 spiro atoms. The van der Waals surface area contributed by atoms with Gasteiger partial charge in [0.1, 0.15) is 8.67 Å². The van der Waals surface area contributed by atoms with Crippen molar-refractivity contribution in [3.05, 3.63) is 0 Å². The first-order valence-corrected chi connectivity index (χ1v) is 6.74. The zero-order valence-electron chi connectivity index (χ0n) is 7.65. The van der Waals surface area contributed by atoms with E-state index in [0.717, 1.165) is 12.8 Å². The molecule has 0 heterocycles. The standard InChI is InChI=1S/C10H12Cl4/c11-9(12)5-3-1-2-4-6-8(7(5)9)10(6,13)14/h5-8H,1-4H2. The first-order valence-electron chi connectivity index (χ1n) is 5.23. The average Bonchev–Trinajstić information content (AvgIpc) is 2.67. The molecule has 3 rings (SSSR count). The molecule has 3 aliphatic carbocycles. The van der Waals surface area contributed by atoms with E-state index in [9.17, 15) is 0 Å². The van der Waals surface area contributed by atoms with Gasteiger partial charge in [0.15, 0.2) is 0 Å². The number of rotatable bonds is 0. The summed E-state index contributed by atoms with van der Waals surface area (Å²) in [4.78, 5) is 0. The van der Waals surface area contributed by atoms with E-state index < -0.39 is 8.67 Å². The second-order valence-electron chi connectivity index (χ2n) is 4.90. The van der Waals surface area contributed by atoms with E-state index in [2.05, 4.69) is 0 Å². The minimum atomic E-state index is -0.529. The fourth-order valence-electron chi connectivity index (χ4n) is 3.28. The fraction of sp³-hybridized carbons (Fsp3) is 1.00. The molecule has 0 N–H and O–H groups in total. The van der Waals surface area contributed by atoms with Crippen LogP contribution in [0.4, 0.5) is 0 Å². The Morgan fingerprint density at radius 1 is 0.714 bits per heavy atom. The van der Waals surface area contributed by atoms with Crippen LogP contribution in [0.25, 0.3) is 0 Å². The van der Waals surface area contributed by atoms with Gasteiger partial charge in [0.2, 0.25) is 0 Å². The van der Waals surface area contributed by atoms with Crippen molar-refractivity contribution in [2.24, 2.45) is 23.7 Å². The van der Waals surface area contributed by atoms with Crippen LogP contribution in [0.15, 0.2) is 0 Å². The zero-order valence-corrected chi connectivity index (χ0v) is 10.7. The lowest BCUT2D eigenvalue weighted by Crippen LogP contribution is -1.98. The number of hydrogen-bond acceptors (Lipinski definition) is 0. The molecule has 3 aliphatic rings. The van der Waals surface area contributed by atoms with Crippen molar-refractivity contribution in [1.29, 1.82) is 0 Å². The highest BCUT2D eigenvalue weighted by Gasteiger charge is 2.78. The normalized spacial score (nSPS) is 52.3. The maximum atomic E-state index is 6.26. The summed E-state index contributed by atoms with van der Waals surface area (Å²) in [5.74, 6) is 1.59. The van der Waals surface area contributed by atoms with E-state index in [1.807, 2.05) is 0 Å². The van der Waals surface area contributed by atoms with Crippen molar-refractivity contribution in [3.8, 4) is 0 Å². The van der Waals surface area contributed by atoms with Crippen molar-refractivity contribution < 1.29 is 0 Å². The maximum absolute atomic E-state index is 6.26. The Morgan fingerprint density at radius 2 is 1.07 bits per heavy atom. The van der Waals surface area contributed by atoms with E-state index in [1.54, 1.807) is 0 Å². The van der Waals surface area contributed by atoms with Gasteiger partial charge in [0, 0.05) is 11.8 Å². The van der Waals surface area contributed by atoms with E-state index in [4.69, 9.17) is 46.4 Å². The molecule has 0 aromatic heterocycles. The second-order valence-corrected chi connectivity index (χ2v) is 7.79. The van der Waals surface area contributed by atoms with Crippen molar-refractivity contribution in [1.82, 2.24) is 0 Å². The van der Waals surface area contributed by atoms with Crippen molar-refractivity contribution in [3.63, 3.8) is 0 Å². The highest BCUT2D eigenvalue weighted by atomic mass is 35.5. The predicted molar refractivity (Wildman–Crippen MR) is 61.3 cm³/mol. The molecule has 0 aromatic rings. The summed E-state index contributed by atoms with van der Waals surface area (Å²) >= 11 is 25.0. The van der Waals surface area contributed by atoms with Crippen molar-refractivity contribution in [2.45, 2.75) is 34.3 Å². The molecule has 3 fully saturated rings. The molecule has 0 bridgehead atoms. The van der Waals surface area contributed by atoms with E-state index in [0.29, 0.717) is 23.7 Å². The van der Waals surface area contributed by atoms with Gasteiger partial charge in [-0.1, -0.05) is 12.8 Å². The highest BCUT2D eigenvalue weighted by Crippen LogP contribution is 2.77. The van der Waals surface area contributed by atoms with Crippen LogP contribution in [0, 0.1) is 23.7 Å². The molecule has 4 heteroatoms. The number of halogens is 4. The second kappa shape index (κ2) is 2.88. The van der Waals surface area contributed by atoms with Crippen LogP contribution in [-0.2, 0) is 0 Å². The van der Waals surface area contributed by atoms with Gasteiger partial charge < -0.3 is 0 Å². The van der Waals surface area contributed by atoms with Crippen LogP contribution < -0.4 is 0 Å². The maximum Gasteiger partial charge on any atom is 0.125 e. The van der Waals surface area contributed by atoms with Crippen LogP contribution in [0.3, 0.4) is 0 Å². The van der Waals surface area contributed by atoms with Crippen LogP contribution in [0.1, 0.15) is 25.7 Å². The highest BCUT2D eigenvalue weighted by molar-refractivity contribution is 6.53. The lowest BCUT2D eigenvalue weighted by atomic mass is 10.0. The Bertz CT molecular complexity index is 245. The number of fused-ring (bicyclic) bond motifs is 3. The lowest BCUT2D eigenvalue weighted by molar-refractivity contribution is 0.467. The SMILES string of the molecule is ClC1(Cl)C2CCCCC3C(C21)C3(Cl)Cl. The third-order valence-electron chi connectivity index (χ3n) is 4.19. The van der Waals surface area contributed by atoms with Gasteiger partial charge in [-0.15, -0.1) is 46.4 Å². The molecular formula is C10H12Cl4. The van der Waals surface area contributed by atoms with Crippen molar-refractivity contribution in [2.75, 3.05) is 0 Å². The smallest absolute Gasteiger partial charge is 0.101 e. The van der Waals surface area contributed by atoms with Crippen LogP contribution in [0.2, 0.25) is 0 Å². The van der Waals surface area contributed by atoms with E-state index in [1.165, 1.54) is 12.8 Å². The van der Waals surface area contributed by atoms with Crippen LogP contribution in [0.5, 0.6) is 0 Å². The minimum Gasteiger partial charge on any atom is -0.101 e. The van der Waals surface area contributed by atoms with Gasteiger partial charge in [-0.25, -0.2) is 0 Å². The molecule has 0 amide bonds. The molecule has 0 nitrogen and oxygen atoms in total. The summed E-state index contributed by atoms with van der Waals surface area (Å²) in [6.07, 6.45) is 4.72. The third-order valence-corrected chi connectivity index (χ3v) is 6.32. The summed E-state index contributed by atoms with van der Waals surface area (Å²) in [7, 11) is 0. The van der Waals surface area contributed by atoms with Gasteiger partial charge in [-0.2, -0.15) is 0 Å².